The van der Waals surface area contributed by atoms with Gasteiger partial charge >= 0.3 is 5.97 Å². The Bertz CT molecular complexity index is 1060. The zero-order valence-electron chi connectivity index (χ0n) is 14.0. The Balaban J connectivity index is 2.35. The summed E-state index contributed by atoms with van der Waals surface area (Å²) >= 11 is 0. The Kier molecular flexibility index (Phi) is 4.23. The van der Waals surface area contributed by atoms with Crippen molar-refractivity contribution in [3.05, 3.63) is 64.9 Å². The second kappa shape index (κ2) is 6.25. The minimum absolute atomic E-state index is 0.0352. The van der Waals surface area contributed by atoms with Gasteiger partial charge in [-0.05, 0) is 43.7 Å². The van der Waals surface area contributed by atoms with Gasteiger partial charge in [0.05, 0.1) is 11.4 Å². The third-order valence-electron chi connectivity index (χ3n) is 4.40. The van der Waals surface area contributed by atoms with E-state index < -0.39 is 35.2 Å². The minimum atomic E-state index is -1.13. The van der Waals surface area contributed by atoms with Crippen molar-refractivity contribution in [1.82, 2.24) is 4.57 Å². The van der Waals surface area contributed by atoms with Gasteiger partial charge in [0.2, 0.25) is 0 Å². The Morgan fingerprint density at radius 2 is 1.85 bits per heavy atom. The molecule has 0 aliphatic rings. The number of aliphatic carboxylic acids is 1. The molecule has 7 heteroatoms. The molecule has 0 saturated heterocycles. The van der Waals surface area contributed by atoms with Crippen LogP contribution in [0.25, 0.3) is 10.9 Å². The van der Waals surface area contributed by atoms with Crippen LogP contribution in [0.1, 0.15) is 34.5 Å². The van der Waals surface area contributed by atoms with Crippen LogP contribution in [-0.2, 0) is 4.79 Å². The number of aromatic nitrogens is 1. The number of phenols is 1. The molecule has 1 aromatic heterocycles. The van der Waals surface area contributed by atoms with Gasteiger partial charge in [-0.15, -0.1) is 0 Å². The summed E-state index contributed by atoms with van der Waals surface area (Å²) in [7, 11) is 0. The van der Waals surface area contributed by atoms with Crippen LogP contribution < -0.4 is 0 Å². The van der Waals surface area contributed by atoms with Gasteiger partial charge < -0.3 is 10.2 Å². The Morgan fingerprint density at radius 1 is 1.15 bits per heavy atom. The summed E-state index contributed by atoms with van der Waals surface area (Å²) in [5.74, 6) is -4.95. The molecule has 0 saturated carbocycles. The number of halogens is 2. The molecule has 0 fully saturated rings. The first-order valence-corrected chi connectivity index (χ1v) is 7.79. The highest BCUT2D eigenvalue weighted by atomic mass is 19.1. The van der Waals surface area contributed by atoms with Crippen molar-refractivity contribution < 1.29 is 28.6 Å². The van der Waals surface area contributed by atoms with Gasteiger partial charge in [-0.3, -0.25) is 14.2 Å². The molecule has 0 spiro atoms. The zero-order valence-corrected chi connectivity index (χ0v) is 14.0. The van der Waals surface area contributed by atoms with Crippen molar-refractivity contribution in [2.45, 2.75) is 19.8 Å². The number of hydrogen-bond donors (Lipinski definition) is 2. The molecule has 0 bridgehead atoms. The van der Waals surface area contributed by atoms with E-state index in [-0.39, 0.29) is 27.7 Å². The first-order valence-electron chi connectivity index (χ1n) is 7.79. The number of phenolic OH excluding ortho intramolecular Hbond substituents is 1. The smallest absolute Gasteiger partial charge is 0.310 e. The summed E-state index contributed by atoms with van der Waals surface area (Å²) in [5, 5.41) is 19.3. The highest BCUT2D eigenvalue weighted by molar-refractivity contribution is 6.05. The predicted molar refractivity (Wildman–Crippen MR) is 90.5 cm³/mol. The normalized spacial score (nSPS) is 12.3. The largest absolute Gasteiger partial charge is 0.505 e. The molecule has 2 N–H and O–H groups in total. The lowest BCUT2D eigenvalue weighted by atomic mass is 9.98. The topological polar surface area (TPSA) is 79.5 Å². The van der Waals surface area contributed by atoms with Crippen molar-refractivity contribution in [2.75, 3.05) is 0 Å². The van der Waals surface area contributed by atoms with Crippen LogP contribution in [0, 0.1) is 18.6 Å². The Labute approximate surface area is 147 Å². The number of aromatic hydroxyl groups is 1. The standard InChI is InChI=1S/C19H15F2NO4/c1-9(19(25)26)17-10(2)22(15-8-14(21)16(23)7-13(15)17)18(24)11-4-3-5-12(20)6-11/h3-9,23H,1-2H3,(H,25,26). The number of carbonyl (C=O) groups excluding carboxylic acids is 1. The second-order valence-corrected chi connectivity index (χ2v) is 6.03. The Morgan fingerprint density at radius 3 is 2.46 bits per heavy atom. The molecule has 0 radical (unpaired) electrons. The maximum atomic E-state index is 13.9. The van der Waals surface area contributed by atoms with Gasteiger partial charge in [-0.1, -0.05) is 6.07 Å². The molecule has 0 aliphatic heterocycles. The fraction of sp³-hybridized carbons (Fsp3) is 0.158. The number of nitrogens with zero attached hydrogens (tertiary/aromatic N) is 1. The molecule has 2 aromatic carbocycles. The number of benzene rings is 2. The van der Waals surface area contributed by atoms with Crippen LogP contribution >= 0.6 is 0 Å². The summed E-state index contributed by atoms with van der Waals surface area (Å²) in [4.78, 5) is 24.4. The number of fused-ring (bicyclic) bond motifs is 1. The molecule has 1 unspecified atom stereocenters. The van der Waals surface area contributed by atoms with Crippen molar-refractivity contribution in [3.63, 3.8) is 0 Å². The lowest BCUT2D eigenvalue weighted by Gasteiger charge is -2.09. The van der Waals surface area contributed by atoms with Gasteiger partial charge in [0.15, 0.2) is 11.6 Å². The molecule has 1 atom stereocenters. The summed E-state index contributed by atoms with van der Waals surface area (Å²) in [5.41, 5.74) is 0.713. The molecule has 3 rings (SSSR count). The van der Waals surface area contributed by atoms with Crippen molar-refractivity contribution in [2.24, 2.45) is 0 Å². The van der Waals surface area contributed by atoms with Gasteiger partial charge in [-0.2, -0.15) is 0 Å². The molecule has 0 aliphatic carbocycles. The summed E-state index contributed by atoms with van der Waals surface area (Å²) in [6, 6.07) is 7.08. The molecule has 0 amide bonds. The fourth-order valence-electron chi connectivity index (χ4n) is 3.13. The Hall–Kier alpha value is -3.22. The number of hydrogen-bond acceptors (Lipinski definition) is 3. The van der Waals surface area contributed by atoms with E-state index in [1.54, 1.807) is 0 Å². The lowest BCUT2D eigenvalue weighted by molar-refractivity contribution is -0.138. The van der Waals surface area contributed by atoms with Gasteiger partial charge in [0.25, 0.3) is 5.91 Å². The monoisotopic (exact) mass is 359 g/mol. The number of carbonyl (C=O) groups is 2. The maximum Gasteiger partial charge on any atom is 0.310 e. The van der Waals surface area contributed by atoms with E-state index in [1.165, 1.54) is 32.0 Å². The fourth-order valence-corrected chi connectivity index (χ4v) is 3.13. The van der Waals surface area contributed by atoms with Crippen molar-refractivity contribution >= 4 is 22.8 Å². The molecule has 5 nitrogen and oxygen atoms in total. The minimum Gasteiger partial charge on any atom is -0.505 e. The first kappa shape index (κ1) is 17.6. The van der Waals surface area contributed by atoms with Crippen LogP contribution in [0.5, 0.6) is 5.75 Å². The number of carboxylic acids is 1. The van der Waals surface area contributed by atoms with E-state index >= 15 is 0 Å². The van der Waals surface area contributed by atoms with Crippen molar-refractivity contribution in [1.29, 1.82) is 0 Å². The van der Waals surface area contributed by atoms with Crippen molar-refractivity contribution in [3.8, 4) is 5.75 Å². The quantitative estimate of drug-likeness (QED) is 0.745. The van der Waals surface area contributed by atoms with E-state index in [4.69, 9.17) is 0 Å². The summed E-state index contributed by atoms with van der Waals surface area (Å²) < 4.78 is 28.5. The number of rotatable bonds is 3. The van der Waals surface area contributed by atoms with Gasteiger partial charge in [0, 0.05) is 22.7 Å². The molecular formula is C19H15F2NO4. The molecular weight excluding hydrogens is 344 g/mol. The average Bonchev–Trinajstić information content (AvgIpc) is 2.85. The van der Waals surface area contributed by atoms with Crippen LogP contribution in [0.4, 0.5) is 8.78 Å². The summed E-state index contributed by atoms with van der Waals surface area (Å²) in [6.07, 6.45) is 0. The molecule has 1 heterocycles. The van der Waals surface area contributed by atoms with Crippen LogP contribution in [0.2, 0.25) is 0 Å². The van der Waals surface area contributed by atoms with Crippen LogP contribution in [-0.4, -0.2) is 26.7 Å². The van der Waals surface area contributed by atoms with E-state index in [0.29, 0.717) is 0 Å². The molecule has 26 heavy (non-hydrogen) atoms. The van der Waals surface area contributed by atoms with Gasteiger partial charge in [0.1, 0.15) is 5.82 Å². The lowest BCUT2D eigenvalue weighted by Crippen LogP contribution is -2.15. The number of carboxylic acid groups (broad SMARTS) is 1. The van der Waals surface area contributed by atoms with E-state index in [1.807, 2.05) is 0 Å². The van der Waals surface area contributed by atoms with E-state index in [2.05, 4.69) is 0 Å². The zero-order chi connectivity index (χ0) is 19.2. The summed E-state index contributed by atoms with van der Waals surface area (Å²) in [6.45, 7) is 2.96. The van der Waals surface area contributed by atoms with E-state index in [9.17, 15) is 28.6 Å². The third kappa shape index (κ3) is 2.71. The highest BCUT2D eigenvalue weighted by Crippen LogP contribution is 2.35. The van der Waals surface area contributed by atoms with E-state index in [0.717, 1.165) is 22.8 Å². The predicted octanol–water partition coefficient (Wildman–Crippen LogP) is 3.81. The highest BCUT2D eigenvalue weighted by Gasteiger charge is 2.27. The molecule has 3 aromatic rings. The molecule has 134 valence electrons. The first-order chi connectivity index (χ1) is 12.2. The van der Waals surface area contributed by atoms with Crippen LogP contribution in [0.15, 0.2) is 36.4 Å². The van der Waals surface area contributed by atoms with Gasteiger partial charge in [-0.25, -0.2) is 8.78 Å². The maximum absolute atomic E-state index is 13.9. The van der Waals surface area contributed by atoms with Crippen LogP contribution in [0.3, 0.4) is 0 Å². The SMILES string of the molecule is Cc1c(C(C)C(=O)O)c2cc(O)c(F)cc2n1C(=O)c1cccc(F)c1. The third-order valence-corrected chi connectivity index (χ3v) is 4.40. The average molecular weight is 359 g/mol. The second-order valence-electron chi connectivity index (χ2n) is 6.03.